The zero-order valence-corrected chi connectivity index (χ0v) is 10.9. The van der Waals surface area contributed by atoms with Gasteiger partial charge in [-0.25, -0.2) is 4.98 Å². The molecule has 1 aliphatic heterocycles. The van der Waals surface area contributed by atoms with Crippen molar-refractivity contribution >= 4 is 0 Å². The predicted octanol–water partition coefficient (Wildman–Crippen LogP) is 1.78. The third-order valence-corrected chi connectivity index (χ3v) is 3.16. The fourth-order valence-corrected chi connectivity index (χ4v) is 2.09. The van der Waals surface area contributed by atoms with Gasteiger partial charge in [-0.15, -0.1) is 0 Å². The van der Waals surface area contributed by atoms with Crippen LogP contribution in [0.15, 0.2) is 24.5 Å². The van der Waals surface area contributed by atoms with Crippen LogP contribution in [0, 0.1) is 6.92 Å². The van der Waals surface area contributed by atoms with E-state index in [1.165, 1.54) is 5.56 Å². The summed E-state index contributed by atoms with van der Waals surface area (Å²) >= 11 is 0. The molecule has 19 heavy (non-hydrogen) atoms. The first-order valence-electron chi connectivity index (χ1n) is 6.41. The number of nitrogens with one attached hydrogen (secondary N) is 2. The number of aromatic nitrogens is 2. The lowest BCUT2D eigenvalue weighted by atomic mass is 10.2. The van der Waals surface area contributed by atoms with Crippen LogP contribution in [0.4, 0.5) is 0 Å². The summed E-state index contributed by atoms with van der Waals surface area (Å²) in [7, 11) is 0. The topological polar surface area (TPSA) is 59.2 Å². The maximum atomic E-state index is 5.57. The molecule has 0 fully saturated rings. The van der Waals surface area contributed by atoms with E-state index in [1.54, 1.807) is 6.33 Å². The second-order valence-electron chi connectivity index (χ2n) is 4.56. The van der Waals surface area contributed by atoms with E-state index >= 15 is 0 Å². The number of hydrogen-bond acceptors (Lipinski definition) is 4. The highest BCUT2D eigenvalue weighted by Gasteiger charge is 2.11. The fourth-order valence-electron chi connectivity index (χ4n) is 2.09. The number of rotatable bonds is 4. The van der Waals surface area contributed by atoms with Gasteiger partial charge >= 0.3 is 0 Å². The van der Waals surface area contributed by atoms with Crippen LogP contribution in [-0.4, -0.2) is 23.2 Å². The predicted molar refractivity (Wildman–Crippen MR) is 71.3 cm³/mol. The first-order valence-corrected chi connectivity index (χ1v) is 6.41. The molecule has 2 aromatic rings. The van der Waals surface area contributed by atoms with Gasteiger partial charge in [0.2, 0.25) is 0 Å². The SMILES string of the molecule is Cc1[nH]cnc1CNCc1ccc2c(c1)OCCO2. The van der Waals surface area contributed by atoms with Crippen molar-refractivity contribution in [3.05, 3.63) is 41.5 Å². The average Bonchev–Trinajstić information content (AvgIpc) is 2.84. The van der Waals surface area contributed by atoms with Gasteiger partial charge in [0, 0.05) is 18.8 Å². The minimum atomic E-state index is 0.621. The molecule has 0 radical (unpaired) electrons. The molecule has 0 saturated carbocycles. The third kappa shape index (κ3) is 2.71. The number of nitrogens with zero attached hydrogens (tertiary/aromatic N) is 1. The standard InChI is InChI=1S/C14H17N3O2/c1-10-12(17-9-16-10)8-15-7-11-2-3-13-14(6-11)19-5-4-18-13/h2-3,6,9,15H,4-5,7-8H2,1H3,(H,16,17). The maximum absolute atomic E-state index is 5.57. The Bertz CT molecular complexity index is 566. The molecule has 1 aliphatic rings. The van der Waals surface area contributed by atoms with Crippen molar-refractivity contribution < 1.29 is 9.47 Å². The molecule has 3 rings (SSSR count). The number of hydrogen-bond donors (Lipinski definition) is 2. The van der Waals surface area contributed by atoms with Gasteiger partial charge in [0.1, 0.15) is 13.2 Å². The third-order valence-electron chi connectivity index (χ3n) is 3.16. The average molecular weight is 259 g/mol. The summed E-state index contributed by atoms with van der Waals surface area (Å²) in [5.74, 6) is 1.67. The molecule has 0 unspecified atom stereocenters. The molecule has 5 heteroatoms. The van der Waals surface area contributed by atoms with E-state index in [1.807, 2.05) is 19.1 Å². The second kappa shape index (κ2) is 5.32. The van der Waals surface area contributed by atoms with Crippen molar-refractivity contribution in [2.24, 2.45) is 0 Å². The minimum absolute atomic E-state index is 0.621. The summed E-state index contributed by atoms with van der Waals surface area (Å²) in [6.07, 6.45) is 1.72. The smallest absolute Gasteiger partial charge is 0.161 e. The number of H-pyrrole nitrogens is 1. The van der Waals surface area contributed by atoms with Crippen LogP contribution >= 0.6 is 0 Å². The molecule has 1 aromatic carbocycles. The first kappa shape index (κ1) is 12.0. The summed E-state index contributed by atoms with van der Waals surface area (Å²) < 4.78 is 11.1. The van der Waals surface area contributed by atoms with E-state index in [-0.39, 0.29) is 0 Å². The molecule has 2 N–H and O–H groups in total. The highest BCUT2D eigenvalue weighted by atomic mass is 16.6. The highest BCUT2D eigenvalue weighted by molar-refractivity contribution is 5.43. The van der Waals surface area contributed by atoms with E-state index in [9.17, 15) is 0 Å². The molecule has 0 saturated heterocycles. The van der Waals surface area contributed by atoms with Crippen molar-refractivity contribution in [1.82, 2.24) is 15.3 Å². The Balaban J connectivity index is 1.59. The largest absolute Gasteiger partial charge is 0.486 e. The van der Waals surface area contributed by atoms with Crippen LogP contribution in [0.2, 0.25) is 0 Å². The molecular formula is C14H17N3O2. The van der Waals surface area contributed by atoms with Gasteiger partial charge in [-0.3, -0.25) is 0 Å². The van der Waals surface area contributed by atoms with E-state index in [0.717, 1.165) is 36.0 Å². The molecule has 100 valence electrons. The Morgan fingerprint density at radius 2 is 2.05 bits per heavy atom. The quantitative estimate of drug-likeness (QED) is 0.878. The van der Waals surface area contributed by atoms with E-state index in [4.69, 9.17) is 9.47 Å². The zero-order chi connectivity index (χ0) is 13.1. The van der Waals surface area contributed by atoms with Crippen LogP contribution in [0.25, 0.3) is 0 Å². The Morgan fingerprint density at radius 1 is 1.21 bits per heavy atom. The summed E-state index contributed by atoms with van der Waals surface area (Å²) in [4.78, 5) is 7.33. The van der Waals surface area contributed by atoms with Gasteiger partial charge in [-0.05, 0) is 24.6 Å². The fraction of sp³-hybridized carbons (Fsp3) is 0.357. The van der Waals surface area contributed by atoms with E-state index < -0.39 is 0 Å². The summed E-state index contributed by atoms with van der Waals surface area (Å²) in [5, 5.41) is 3.37. The normalized spacial score (nSPS) is 13.5. The van der Waals surface area contributed by atoms with Crippen molar-refractivity contribution in [1.29, 1.82) is 0 Å². The van der Waals surface area contributed by atoms with Gasteiger partial charge < -0.3 is 19.8 Å². The van der Waals surface area contributed by atoms with Crippen molar-refractivity contribution in [2.75, 3.05) is 13.2 Å². The van der Waals surface area contributed by atoms with Gasteiger partial charge in [0.15, 0.2) is 11.5 Å². The van der Waals surface area contributed by atoms with Crippen molar-refractivity contribution in [2.45, 2.75) is 20.0 Å². The van der Waals surface area contributed by atoms with Gasteiger partial charge in [0.05, 0.1) is 12.0 Å². The maximum Gasteiger partial charge on any atom is 0.161 e. The van der Waals surface area contributed by atoms with Gasteiger partial charge in [0.25, 0.3) is 0 Å². The molecule has 0 bridgehead atoms. The molecule has 2 heterocycles. The van der Waals surface area contributed by atoms with Crippen LogP contribution in [0.3, 0.4) is 0 Å². The number of benzene rings is 1. The van der Waals surface area contributed by atoms with Crippen LogP contribution in [0.1, 0.15) is 17.0 Å². The van der Waals surface area contributed by atoms with Crippen LogP contribution in [0.5, 0.6) is 11.5 Å². The van der Waals surface area contributed by atoms with Crippen molar-refractivity contribution in [3.63, 3.8) is 0 Å². The van der Waals surface area contributed by atoms with Gasteiger partial charge in [-0.2, -0.15) is 0 Å². The Morgan fingerprint density at radius 3 is 2.84 bits per heavy atom. The minimum Gasteiger partial charge on any atom is -0.486 e. The number of aryl methyl sites for hydroxylation is 1. The van der Waals surface area contributed by atoms with Crippen LogP contribution in [-0.2, 0) is 13.1 Å². The molecule has 5 nitrogen and oxygen atoms in total. The Hall–Kier alpha value is -2.01. The number of aromatic amines is 1. The Labute approximate surface area is 112 Å². The lowest BCUT2D eigenvalue weighted by molar-refractivity contribution is 0.171. The lowest BCUT2D eigenvalue weighted by Crippen LogP contribution is -2.17. The van der Waals surface area contributed by atoms with E-state index in [2.05, 4.69) is 21.4 Å². The monoisotopic (exact) mass is 259 g/mol. The number of imidazole rings is 1. The summed E-state index contributed by atoms with van der Waals surface area (Å²) in [5.41, 5.74) is 3.34. The van der Waals surface area contributed by atoms with Crippen molar-refractivity contribution in [3.8, 4) is 11.5 Å². The highest BCUT2D eigenvalue weighted by Crippen LogP contribution is 2.30. The van der Waals surface area contributed by atoms with Crippen LogP contribution < -0.4 is 14.8 Å². The second-order valence-corrected chi connectivity index (χ2v) is 4.56. The summed E-state index contributed by atoms with van der Waals surface area (Å²) in [6.45, 7) is 4.81. The molecule has 0 spiro atoms. The van der Waals surface area contributed by atoms with E-state index in [0.29, 0.717) is 13.2 Å². The summed E-state index contributed by atoms with van der Waals surface area (Å²) in [6, 6.07) is 6.04. The molecule has 0 aliphatic carbocycles. The molecule has 0 atom stereocenters. The first-order chi connectivity index (χ1) is 9.33. The zero-order valence-electron chi connectivity index (χ0n) is 10.9. The molecular weight excluding hydrogens is 242 g/mol. The van der Waals surface area contributed by atoms with Gasteiger partial charge in [-0.1, -0.05) is 6.07 Å². The molecule has 1 aromatic heterocycles. The number of ether oxygens (including phenoxy) is 2. The number of fused-ring (bicyclic) bond motifs is 1. The Kier molecular flexibility index (Phi) is 3.37. The molecule has 0 amide bonds. The lowest BCUT2D eigenvalue weighted by Gasteiger charge is -2.18.